The van der Waals surface area contributed by atoms with E-state index < -0.39 is 0 Å². The van der Waals surface area contributed by atoms with Crippen LogP contribution in [0.15, 0.2) is 72.9 Å². The van der Waals surface area contributed by atoms with Crippen molar-refractivity contribution in [1.29, 1.82) is 0 Å². The number of aryl methyl sites for hydroxylation is 3. The molecule has 0 saturated carbocycles. The summed E-state index contributed by atoms with van der Waals surface area (Å²) in [5, 5.41) is 4.27. The highest BCUT2D eigenvalue weighted by Crippen LogP contribution is 2.44. The lowest BCUT2D eigenvalue weighted by molar-refractivity contribution is 0.242. The lowest BCUT2D eigenvalue weighted by atomic mass is 9.96. The minimum absolute atomic E-state index is 0.0654. The van der Waals surface area contributed by atoms with Crippen molar-refractivity contribution in [3.63, 3.8) is 0 Å². The largest absolute Gasteiger partial charge is 0.491 e. The average Bonchev–Trinajstić information content (AvgIpc) is 3.36. The first-order chi connectivity index (χ1) is 17.7. The van der Waals surface area contributed by atoms with Crippen molar-refractivity contribution in [2.75, 3.05) is 4.90 Å². The molecule has 0 spiro atoms. The monoisotopic (exact) mass is 510 g/mol. The molecule has 2 unspecified atom stereocenters. The van der Waals surface area contributed by atoms with E-state index in [1.165, 1.54) is 33.8 Å². The molecule has 0 amide bonds. The van der Waals surface area contributed by atoms with Gasteiger partial charge in [0.05, 0.1) is 23.9 Å². The van der Waals surface area contributed by atoms with Gasteiger partial charge in [0.1, 0.15) is 5.75 Å². The first kappa shape index (κ1) is 25.0. The molecule has 0 bridgehead atoms. The van der Waals surface area contributed by atoms with Crippen LogP contribution in [0.25, 0.3) is 5.69 Å². The summed E-state index contributed by atoms with van der Waals surface area (Å²) in [5.74, 6) is 0.850. The van der Waals surface area contributed by atoms with Crippen LogP contribution < -0.4 is 15.0 Å². The molecule has 2 aromatic carbocycles. The highest BCUT2D eigenvalue weighted by molar-refractivity contribution is 7.80. The Labute approximate surface area is 225 Å². The van der Waals surface area contributed by atoms with Crippen LogP contribution in [0.5, 0.6) is 5.75 Å². The van der Waals surface area contributed by atoms with Crippen LogP contribution in [0.1, 0.15) is 59.7 Å². The topological polar surface area (TPSA) is 42.3 Å². The predicted octanol–water partition coefficient (Wildman–Crippen LogP) is 7.07. The molecule has 190 valence electrons. The van der Waals surface area contributed by atoms with Gasteiger partial charge in [0.25, 0.3) is 0 Å². The van der Waals surface area contributed by atoms with Gasteiger partial charge >= 0.3 is 0 Å². The third-order valence-electron chi connectivity index (χ3n) is 6.98. The van der Waals surface area contributed by atoms with Gasteiger partial charge in [0, 0.05) is 29.0 Å². The summed E-state index contributed by atoms with van der Waals surface area (Å²) in [7, 11) is 0. The number of nitrogens with zero attached hydrogens (tertiary/aromatic N) is 3. The Hall–Kier alpha value is -3.64. The summed E-state index contributed by atoms with van der Waals surface area (Å²) in [6.45, 7) is 12.8. The van der Waals surface area contributed by atoms with E-state index in [1.807, 2.05) is 44.3 Å². The zero-order valence-electron chi connectivity index (χ0n) is 22.3. The second-order valence-corrected chi connectivity index (χ2v) is 10.5. The van der Waals surface area contributed by atoms with Crippen LogP contribution in [-0.4, -0.2) is 20.8 Å². The molecule has 1 N–H and O–H groups in total. The van der Waals surface area contributed by atoms with Gasteiger partial charge in [0.15, 0.2) is 5.11 Å². The summed E-state index contributed by atoms with van der Waals surface area (Å²) < 4.78 is 8.26. The maximum absolute atomic E-state index is 5.94. The van der Waals surface area contributed by atoms with E-state index >= 15 is 0 Å². The highest BCUT2D eigenvalue weighted by Gasteiger charge is 2.42. The van der Waals surface area contributed by atoms with E-state index in [4.69, 9.17) is 21.9 Å². The summed E-state index contributed by atoms with van der Waals surface area (Å²) in [6, 6.07) is 23.0. The molecule has 4 aromatic rings. The minimum Gasteiger partial charge on any atom is -0.491 e. The third kappa shape index (κ3) is 4.74. The first-order valence-electron chi connectivity index (χ1n) is 12.8. The Kier molecular flexibility index (Phi) is 6.78. The van der Waals surface area contributed by atoms with Crippen molar-refractivity contribution < 1.29 is 4.74 Å². The molecule has 2 atom stereocenters. The van der Waals surface area contributed by atoms with Gasteiger partial charge in [-0.1, -0.05) is 18.2 Å². The zero-order valence-corrected chi connectivity index (χ0v) is 23.1. The third-order valence-corrected chi connectivity index (χ3v) is 7.29. The fourth-order valence-corrected chi connectivity index (χ4v) is 5.67. The maximum Gasteiger partial charge on any atom is 0.174 e. The van der Waals surface area contributed by atoms with E-state index in [9.17, 15) is 0 Å². The molecule has 5 rings (SSSR count). The predicted molar refractivity (Wildman–Crippen MR) is 155 cm³/mol. The second-order valence-electron chi connectivity index (χ2n) is 10.1. The smallest absolute Gasteiger partial charge is 0.174 e. The highest BCUT2D eigenvalue weighted by atomic mass is 32.1. The maximum atomic E-state index is 5.94. The quantitative estimate of drug-likeness (QED) is 0.281. The minimum atomic E-state index is -0.0900. The van der Waals surface area contributed by atoms with Crippen molar-refractivity contribution in [3.05, 3.63) is 107 Å². The zero-order chi connectivity index (χ0) is 26.3. The van der Waals surface area contributed by atoms with Gasteiger partial charge in [-0.15, -0.1) is 0 Å². The summed E-state index contributed by atoms with van der Waals surface area (Å²) >= 11 is 5.94. The molecule has 5 nitrogen and oxygen atoms in total. The molecule has 1 saturated heterocycles. The first-order valence-corrected chi connectivity index (χ1v) is 13.2. The number of thiocarbonyl (C=S) groups is 1. The number of nitrogens with one attached hydrogen (secondary N) is 1. The van der Waals surface area contributed by atoms with Crippen LogP contribution in [0.2, 0.25) is 0 Å². The number of rotatable bonds is 6. The molecule has 1 aliphatic heterocycles. The van der Waals surface area contributed by atoms with Gasteiger partial charge < -0.3 is 19.5 Å². The fourth-order valence-electron chi connectivity index (χ4n) is 5.32. The van der Waals surface area contributed by atoms with Crippen LogP contribution in [0.4, 0.5) is 5.69 Å². The number of aromatic nitrogens is 2. The molecule has 1 fully saturated rings. The molecule has 37 heavy (non-hydrogen) atoms. The molecule has 0 radical (unpaired) electrons. The number of benzene rings is 2. The Morgan fingerprint density at radius 3 is 2.38 bits per heavy atom. The SMILES string of the molecule is Cc1ccc(C)c(-n2c(C)cc(C3C(c4ccccn4)NC(=S)N3c3ccc(OC(C)C)cc3)c2C)c1. The lowest BCUT2D eigenvalue weighted by Crippen LogP contribution is -2.29. The van der Waals surface area contributed by atoms with Crippen LogP contribution in [0, 0.1) is 27.7 Å². The average molecular weight is 511 g/mol. The van der Waals surface area contributed by atoms with E-state index in [0.717, 1.165) is 17.1 Å². The fraction of sp³-hybridized carbons (Fsp3) is 0.290. The second kappa shape index (κ2) is 10.0. The van der Waals surface area contributed by atoms with Crippen LogP contribution >= 0.6 is 12.2 Å². The Bertz CT molecular complexity index is 1430. The normalized spacial score (nSPS) is 17.4. The van der Waals surface area contributed by atoms with E-state index in [2.05, 4.69) is 84.9 Å². The molecular weight excluding hydrogens is 476 g/mol. The van der Waals surface area contributed by atoms with Crippen LogP contribution in [0.3, 0.4) is 0 Å². The van der Waals surface area contributed by atoms with Crippen molar-refractivity contribution in [2.45, 2.75) is 59.7 Å². The standard InChI is InChI=1S/C31H34N4OS/c1-19(2)36-25-14-12-24(13-15-25)35-30(29(33-31(35)37)27-9-7-8-16-32-27)26-18-22(5)34(23(26)6)28-17-20(3)10-11-21(28)4/h7-19,29-30H,1-6H3,(H,33,37). The van der Waals surface area contributed by atoms with E-state index in [1.54, 1.807) is 0 Å². The van der Waals surface area contributed by atoms with E-state index in [0.29, 0.717) is 5.11 Å². The molecule has 6 heteroatoms. The number of hydrogen-bond donors (Lipinski definition) is 1. The molecule has 0 aliphatic carbocycles. The van der Waals surface area contributed by atoms with E-state index in [-0.39, 0.29) is 18.2 Å². The van der Waals surface area contributed by atoms with Crippen molar-refractivity contribution in [3.8, 4) is 11.4 Å². The van der Waals surface area contributed by atoms with Crippen molar-refractivity contribution in [1.82, 2.24) is 14.9 Å². The van der Waals surface area contributed by atoms with Gasteiger partial charge in [-0.2, -0.15) is 0 Å². The summed E-state index contributed by atoms with van der Waals surface area (Å²) in [6.07, 6.45) is 1.97. The molecule has 1 aliphatic rings. The molecule has 2 aromatic heterocycles. The van der Waals surface area contributed by atoms with Gasteiger partial charge in [-0.3, -0.25) is 4.98 Å². The van der Waals surface area contributed by atoms with Crippen molar-refractivity contribution in [2.24, 2.45) is 0 Å². The Morgan fingerprint density at radius 1 is 0.946 bits per heavy atom. The number of pyridine rings is 1. The summed E-state index contributed by atoms with van der Waals surface area (Å²) in [4.78, 5) is 6.94. The number of anilines is 1. The van der Waals surface area contributed by atoms with Gasteiger partial charge in [0.2, 0.25) is 0 Å². The summed E-state index contributed by atoms with van der Waals surface area (Å²) in [5.41, 5.74) is 9.32. The Balaban J connectivity index is 1.64. The van der Waals surface area contributed by atoms with Gasteiger partial charge in [-0.25, -0.2) is 0 Å². The lowest BCUT2D eigenvalue weighted by Gasteiger charge is -2.28. The van der Waals surface area contributed by atoms with Crippen LogP contribution in [-0.2, 0) is 0 Å². The molecule has 3 heterocycles. The van der Waals surface area contributed by atoms with Crippen molar-refractivity contribution >= 4 is 23.0 Å². The van der Waals surface area contributed by atoms with Gasteiger partial charge in [-0.05, 0) is 119 Å². The Morgan fingerprint density at radius 2 is 1.70 bits per heavy atom. The molecular formula is C31H34N4OS. The number of hydrogen-bond acceptors (Lipinski definition) is 3. The number of ether oxygens (including phenoxy) is 1.